The van der Waals surface area contributed by atoms with E-state index in [1.807, 2.05) is 0 Å². The van der Waals surface area contributed by atoms with E-state index in [4.69, 9.17) is 5.73 Å². The molecule has 0 radical (unpaired) electrons. The maximum Gasteiger partial charge on any atom is 0.240 e. The molecule has 3 N–H and O–H groups in total. The smallest absolute Gasteiger partial charge is 0.240 e. The summed E-state index contributed by atoms with van der Waals surface area (Å²) in [7, 11) is -3.46. The van der Waals surface area contributed by atoms with E-state index >= 15 is 0 Å². The minimum Gasteiger partial charge on any atom is -0.397 e. The number of hydrogen-bond acceptors (Lipinski definition) is 4. The van der Waals surface area contributed by atoms with Gasteiger partial charge in [-0.3, -0.25) is 0 Å². The number of nitrogens with one attached hydrogen (secondary N) is 1. The lowest BCUT2D eigenvalue weighted by Gasteiger charge is -2.30. The van der Waals surface area contributed by atoms with Crippen molar-refractivity contribution in [2.24, 2.45) is 0 Å². The van der Waals surface area contributed by atoms with Gasteiger partial charge in [0, 0.05) is 19.1 Å². The molecule has 0 aliphatic carbocycles. The zero-order chi connectivity index (χ0) is 15.3. The van der Waals surface area contributed by atoms with Crippen LogP contribution in [0.15, 0.2) is 23.1 Å². The Morgan fingerprint density at radius 3 is 2.45 bits per heavy atom. The number of sulfonamides is 1. The molecule has 1 aromatic carbocycles. The number of nitrogens with zero attached hydrogens (tertiary/aromatic N) is 1. The van der Waals surface area contributed by atoms with Crippen molar-refractivity contribution in [2.45, 2.75) is 45.1 Å². The molecule has 0 heterocycles. The maximum absolute atomic E-state index is 12.1. The Balaban J connectivity index is 3.27. The monoisotopic (exact) mass is 299 g/mol. The first-order valence-electron chi connectivity index (χ1n) is 6.99. The summed E-state index contributed by atoms with van der Waals surface area (Å²) >= 11 is 0. The Kier molecular flexibility index (Phi) is 5.83. The van der Waals surface area contributed by atoms with E-state index in [1.54, 1.807) is 25.1 Å². The van der Waals surface area contributed by atoms with Gasteiger partial charge in [0.1, 0.15) is 0 Å². The molecule has 1 aromatic rings. The molecule has 20 heavy (non-hydrogen) atoms. The molecule has 1 rings (SSSR count). The molecule has 0 aliphatic rings. The molecule has 6 heteroatoms. The fourth-order valence-electron chi connectivity index (χ4n) is 2.11. The van der Waals surface area contributed by atoms with Gasteiger partial charge in [-0.05, 0) is 38.5 Å². The van der Waals surface area contributed by atoms with Crippen molar-refractivity contribution < 1.29 is 8.42 Å². The predicted octanol–water partition coefficient (Wildman–Crippen LogP) is 2.19. The van der Waals surface area contributed by atoms with E-state index in [9.17, 15) is 8.42 Å². The first-order chi connectivity index (χ1) is 9.33. The van der Waals surface area contributed by atoms with Crippen molar-refractivity contribution >= 4 is 21.4 Å². The quantitative estimate of drug-likeness (QED) is 0.757. The Hall–Kier alpha value is -1.27. The molecule has 0 spiro atoms. The molecular weight excluding hydrogens is 274 g/mol. The Bertz CT molecular complexity index is 541. The van der Waals surface area contributed by atoms with Crippen molar-refractivity contribution in [2.75, 3.05) is 23.7 Å². The van der Waals surface area contributed by atoms with E-state index < -0.39 is 10.0 Å². The highest BCUT2D eigenvalue weighted by molar-refractivity contribution is 7.89. The molecule has 5 nitrogen and oxygen atoms in total. The number of nitrogen functional groups attached to an aromatic ring is 1. The highest BCUT2D eigenvalue weighted by Gasteiger charge is 2.18. The summed E-state index contributed by atoms with van der Waals surface area (Å²) < 4.78 is 26.6. The molecular formula is C14H25N3O2S. The minimum absolute atomic E-state index is 0.255. The lowest BCUT2D eigenvalue weighted by molar-refractivity contribution is 0.583. The Morgan fingerprint density at radius 2 is 1.95 bits per heavy atom. The highest BCUT2D eigenvalue weighted by Crippen LogP contribution is 2.28. The van der Waals surface area contributed by atoms with Crippen LogP contribution < -0.4 is 15.4 Å². The normalized spacial score (nSPS) is 11.8. The van der Waals surface area contributed by atoms with Crippen molar-refractivity contribution in [3.63, 3.8) is 0 Å². The zero-order valence-corrected chi connectivity index (χ0v) is 13.5. The second-order valence-corrected chi connectivity index (χ2v) is 6.78. The van der Waals surface area contributed by atoms with Gasteiger partial charge in [0.05, 0.1) is 16.3 Å². The van der Waals surface area contributed by atoms with Crippen LogP contribution in [0.3, 0.4) is 0 Å². The fourth-order valence-corrected chi connectivity index (χ4v) is 3.17. The molecule has 0 fully saturated rings. The number of rotatable bonds is 7. The lowest BCUT2D eigenvalue weighted by Crippen LogP contribution is -2.32. The van der Waals surface area contributed by atoms with Crippen LogP contribution in [0.5, 0.6) is 0 Å². The third-order valence-corrected chi connectivity index (χ3v) is 4.59. The molecule has 0 bridgehead atoms. The van der Waals surface area contributed by atoms with Gasteiger partial charge in [-0.1, -0.05) is 13.8 Å². The van der Waals surface area contributed by atoms with Crippen LogP contribution in [-0.2, 0) is 10.0 Å². The summed E-state index contributed by atoms with van der Waals surface area (Å²) in [6, 6.07) is 5.11. The fraction of sp³-hybridized carbons (Fsp3) is 0.571. The number of benzene rings is 1. The molecule has 0 aliphatic heterocycles. The minimum atomic E-state index is -3.46. The molecule has 0 saturated heterocycles. The third-order valence-electron chi connectivity index (χ3n) is 3.04. The summed E-state index contributed by atoms with van der Waals surface area (Å²) in [5.41, 5.74) is 7.40. The van der Waals surface area contributed by atoms with E-state index in [2.05, 4.69) is 30.4 Å². The van der Waals surface area contributed by atoms with E-state index in [0.29, 0.717) is 12.2 Å². The molecule has 0 atom stereocenters. The summed E-state index contributed by atoms with van der Waals surface area (Å²) in [5, 5.41) is 0. The molecule has 114 valence electrons. The van der Waals surface area contributed by atoms with Gasteiger partial charge in [0.15, 0.2) is 0 Å². The number of anilines is 2. The largest absolute Gasteiger partial charge is 0.397 e. The SMILES string of the molecule is CCCN(c1cc(S(=O)(=O)NCC)ccc1N)C(C)C. The molecule has 0 amide bonds. The lowest BCUT2D eigenvalue weighted by atomic mass is 10.2. The van der Waals surface area contributed by atoms with Gasteiger partial charge < -0.3 is 10.6 Å². The molecule has 0 aromatic heterocycles. The zero-order valence-electron chi connectivity index (χ0n) is 12.7. The third kappa shape index (κ3) is 3.86. The first-order valence-corrected chi connectivity index (χ1v) is 8.47. The average molecular weight is 299 g/mol. The average Bonchev–Trinajstić information content (AvgIpc) is 2.36. The maximum atomic E-state index is 12.1. The van der Waals surface area contributed by atoms with Crippen molar-refractivity contribution in [3.05, 3.63) is 18.2 Å². The van der Waals surface area contributed by atoms with Gasteiger partial charge in [0.2, 0.25) is 10.0 Å². The molecule has 0 saturated carbocycles. The molecule has 0 unspecified atom stereocenters. The highest BCUT2D eigenvalue weighted by atomic mass is 32.2. The van der Waals surface area contributed by atoms with E-state index in [-0.39, 0.29) is 10.9 Å². The van der Waals surface area contributed by atoms with E-state index in [1.165, 1.54) is 0 Å². The summed E-state index contributed by atoms with van der Waals surface area (Å²) in [6.45, 7) is 9.19. The summed E-state index contributed by atoms with van der Waals surface area (Å²) in [5.74, 6) is 0. The second-order valence-electron chi connectivity index (χ2n) is 5.01. The second kappa shape index (κ2) is 6.95. The Morgan fingerprint density at radius 1 is 1.30 bits per heavy atom. The van der Waals surface area contributed by atoms with Crippen LogP contribution in [0.1, 0.15) is 34.1 Å². The van der Waals surface area contributed by atoms with Gasteiger partial charge in [-0.25, -0.2) is 13.1 Å². The van der Waals surface area contributed by atoms with Crippen LogP contribution in [0.2, 0.25) is 0 Å². The van der Waals surface area contributed by atoms with E-state index in [0.717, 1.165) is 18.7 Å². The Labute approximate surface area is 122 Å². The number of nitrogens with two attached hydrogens (primary N) is 1. The van der Waals surface area contributed by atoms with Crippen LogP contribution in [0.25, 0.3) is 0 Å². The van der Waals surface area contributed by atoms with Crippen molar-refractivity contribution in [1.29, 1.82) is 0 Å². The summed E-state index contributed by atoms with van der Waals surface area (Å²) in [4.78, 5) is 2.38. The summed E-state index contributed by atoms with van der Waals surface area (Å²) in [6.07, 6.45) is 0.974. The topological polar surface area (TPSA) is 75.4 Å². The predicted molar refractivity (Wildman–Crippen MR) is 84.5 cm³/mol. The van der Waals surface area contributed by atoms with Crippen molar-refractivity contribution in [1.82, 2.24) is 4.72 Å². The van der Waals surface area contributed by atoms with Crippen LogP contribution in [0, 0.1) is 0 Å². The van der Waals surface area contributed by atoms with Crippen LogP contribution in [0.4, 0.5) is 11.4 Å². The van der Waals surface area contributed by atoms with Crippen LogP contribution >= 0.6 is 0 Å². The standard InChI is InChI=1S/C14H25N3O2S/c1-5-9-17(11(3)4)14-10-12(7-8-13(14)15)20(18,19)16-6-2/h7-8,10-11,16H,5-6,9,15H2,1-4H3. The van der Waals surface area contributed by atoms with Gasteiger partial charge in [-0.15, -0.1) is 0 Å². The van der Waals surface area contributed by atoms with Crippen molar-refractivity contribution in [3.8, 4) is 0 Å². The van der Waals surface area contributed by atoms with Crippen LogP contribution in [-0.4, -0.2) is 27.5 Å². The van der Waals surface area contributed by atoms with Gasteiger partial charge >= 0.3 is 0 Å². The first kappa shape index (κ1) is 16.8. The number of hydrogen-bond donors (Lipinski definition) is 2. The van der Waals surface area contributed by atoms with Gasteiger partial charge in [-0.2, -0.15) is 0 Å². The van der Waals surface area contributed by atoms with Gasteiger partial charge in [0.25, 0.3) is 0 Å².